The van der Waals surface area contributed by atoms with E-state index >= 15 is 0 Å². The molecular formula is C20H16N2O3. The number of hydrogen-bond acceptors (Lipinski definition) is 4. The van der Waals surface area contributed by atoms with Crippen LogP contribution in [-0.4, -0.2) is 24.0 Å². The van der Waals surface area contributed by atoms with Gasteiger partial charge in [-0.3, -0.25) is 14.4 Å². The zero-order chi connectivity index (χ0) is 17.8. The van der Waals surface area contributed by atoms with Crippen molar-refractivity contribution in [2.75, 3.05) is 6.54 Å². The van der Waals surface area contributed by atoms with Gasteiger partial charge in [-0.15, -0.1) is 6.58 Å². The predicted molar refractivity (Wildman–Crippen MR) is 94.2 cm³/mol. The summed E-state index contributed by atoms with van der Waals surface area (Å²) in [5.74, 6) is -1.18. The zero-order valence-corrected chi connectivity index (χ0v) is 13.4. The van der Waals surface area contributed by atoms with Crippen LogP contribution in [0.25, 0.3) is 0 Å². The fourth-order valence-corrected chi connectivity index (χ4v) is 2.61. The van der Waals surface area contributed by atoms with E-state index in [2.05, 4.69) is 17.2 Å². The van der Waals surface area contributed by atoms with Crippen molar-refractivity contribution in [2.24, 2.45) is 0 Å². The topological polar surface area (TPSA) is 75.3 Å². The smallest absolute Gasteiger partial charge is 0.255 e. The molecule has 0 aromatic heterocycles. The van der Waals surface area contributed by atoms with Crippen molar-refractivity contribution in [3.63, 3.8) is 0 Å². The number of allylic oxidation sites excluding steroid dienone is 2. The first-order valence-corrected chi connectivity index (χ1v) is 7.77. The van der Waals surface area contributed by atoms with E-state index in [1.165, 1.54) is 0 Å². The molecule has 3 rings (SSSR count). The summed E-state index contributed by atoms with van der Waals surface area (Å²) in [7, 11) is 0. The normalized spacial score (nSPS) is 13.3. The maximum Gasteiger partial charge on any atom is 0.255 e. The number of hydrogen-bond donors (Lipinski definition) is 2. The van der Waals surface area contributed by atoms with Crippen molar-refractivity contribution in [3.8, 4) is 0 Å². The number of nitrogens with one attached hydrogen (secondary N) is 2. The third-order valence-electron chi connectivity index (χ3n) is 3.82. The van der Waals surface area contributed by atoms with Crippen molar-refractivity contribution >= 4 is 17.5 Å². The molecule has 0 saturated carbocycles. The summed E-state index contributed by atoms with van der Waals surface area (Å²) in [6.45, 7) is 3.89. The molecule has 0 unspecified atom stereocenters. The maximum atomic E-state index is 12.8. The van der Waals surface area contributed by atoms with Crippen LogP contribution in [0.3, 0.4) is 0 Å². The van der Waals surface area contributed by atoms with Gasteiger partial charge in [-0.25, -0.2) is 0 Å². The first-order valence-electron chi connectivity index (χ1n) is 7.77. The van der Waals surface area contributed by atoms with Crippen LogP contribution in [0, 0.1) is 0 Å². The summed E-state index contributed by atoms with van der Waals surface area (Å²) in [6, 6.07) is 15.1. The van der Waals surface area contributed by atoms with Crippen LogP contribution in [0.1, 0.15) is 31.1 Å². The number of carbonyl (C=O) groups is 3. The maximum absolute atomic E-state index is 12.8. The highest BCUT2D eigenvalue weighted by atomic mass is 16.2. The Balaban J connectivity index is 2.02. The van der Waals surface area contributed by atoms with E-state index in [0.29, 0.717) is 17.7 Å². The van der Waals surface area contributed by atoms with Crippen LogP contribution in [-0.2, 0) is 0 Å². The third-order valence-corrected chi connectivity index (χ3v) is 3.82. The SMILES string of the molecule is C=CCNC1=C(NC(=O)c2ccccc2)C(=O)c2ccccc2C1=O. The minimum Gasteiger partial charge on any atom is -0.377 e. The highest BCUT2D eigenvalue weighted by molar-refractivity contribution is 6.27. The Labute approximate surface area is 145 Å². The molecule has 0 spiro atoms. The number of amides is 1. The fraction of sp³-hybridized carbons (Fsp3) is 0.0500. The van der Waals surface area contributed by atoms with Gasteiger partial charge in [0.25, 0.3) is 5.91 Å². The van der Waals surface area contributed by atoms with Gasteiger partial charge in [-0.1, -0.05) is 48.5 Å². The number of fused-ring (bicyclic) bond motifs is 1. The average Bonchev–Trinajstić information content (AvgIpc) is 2.66. The van der Waals surface area contributed by atoms with E-state index in [1.807, 2.05) is 0 Å². The van der Waals surface area contributed by atoms with Crippen molar-refractivity contribution < 1.29 is 14.4 Å². The summed E-state index contributed by atoms with van der Waals surface area (Å²) in [5.41, 5.74) is 1.03. The predicted octanol–water partition coefficient (Wildman–Crippen LogP) is 2.48. The van der Waals surface area contributed by atoms with Crippen LogP contribution in [0.5, 0.6) is 0 Å². The molecule has 0 saturated heterocycles. The summed E-state index contributed by atoms with van der Waals surface area (Å²) >= 11 is 0. The molecule has 25 heavy (non-hydrogen) atoms. The molecule has 0 atom stereocenters. The van der Waals surface area contributed by atoms with Gasteiger partial charge in [0.05, 0.1) is 0 Å². The van der Waals surface area contributed by atoms with Crippen LogP contribution < -0.4 is 10.6 Å². The van der Waals surface area contributed by atoms with Gasteiger partial charge in [0, 0.05) is 23.2 Å². The monoisotopic (exact) mass is 332 g/mol. The molecule has 0 heterocycles. The minimum absolute atomic E-state index is 0.0422. The Hall–Kier alpha value is -3.47. The van der Waals surface area contributed by atoms with Gasteiger partial charge in [0.15, 0.2) is 0 Å². The second-order valence-corrected chi connectivity index (χ2v) is 5.44. The molecule has 124 valence electrons. The first-order chi connectivity index (χ1) is 12.1. The summed E-state index contributed by atoms with van der Waals surface area (Å²) in [5, 5.41) is 5.46. The average molecular weight is 332 g/mol. The van der Waals surface area contributed by atoms with Gasteiger partial charge >= 0.3 is 0 Å². The molecule has 5 heteroatoms. The van der Waals surface area contributed by atoms with E-state index in [4.69, 9.17) is 0 Å². The van der Waals surface area contributed by atoms with Crippen molar-refractivity contribution in [2.45, 2.75) is 0 Å². The van der Waals surface area contributed by atoms with E-state index in [-0.39, 0.29) is 22.7 Å². The van der Waals surface area contributed by atoms with Crippen molar-refractivity contribution in [3.05, 3.63) is 95.3 Å². The van der Waals surface area contributed by atoms with Gasteiger partial charge in [-0.2, -0.15) is 0 Å². The third kappa shape index (κ3) is 3.12. The van der Waals surface area contributed by atoms with Gasteiger partial charge in [0.2, 0.25) is 11.6 Å². The Bertz CT molecular complexity index is 898. The lowest BCUT2D eigenvalue weighted by atomic mass is 9.90. The summed E-state index contributed by atoms with van der Waals surface area (Å²) in [6.07, 6.45) is 1.57. The molecule has 0 fully saturated rings. The standard InChI is InChI=1S/C20H16N2O3/c1-2-12-21-16-17(22-20(25)13-8-4-3-5-9-13)19(24)15-11-7-6-10-14(15)18(16)23/h2-11,21H,1,12H2,(H,22,25). The molecule has 2 N–H and O–H groups in total. The van der Waals surface area contributed by atoms with Crippen LogP contribution >= 0.6 is 0 Å². The lowest BCUT2D eigenvalue weighted by Gasteiger charge is -2.22. The number of ketones is 2. The van der Waals surface area contributed by atoms with E-state index in [1.54, 1.807) is 60.7 Å². The highest BCUT2D eigenvalue weighted by Crippen LogP contribution is 2.24. The number of rotatable bonds is 5. The second kappa shape index (κ2) is 6.97. The number of carbonyl (C=O) groups excluding carboxylic acids is 3. The molecule has 0 radical (unpaired) electrons. The molecule has 1 amide bonds. The van der Waals surface area contributed by atoms with E-state index < -0.39 is 11.7 Å². The first kappa shape index (κ1) is 16.4. The van der Waals surface area contributed by atoms with Crippen molar-refractivity contribution in [1.82, 2.24) is 10.6 Å². The Morgan fingerprint density at radius 1 is 0.880 bits per heavy atom. The minimum atomic E-state index is -0.450. The van der Waals surface area contributed by atoms with Gasteiger partial charge in [0.1, 0.15) is 11.4 Å². The molecule has 5 nitrogen and oxygen atoms in total. The Kier molecular flexibility index (Phi) is 4.57. The summed E-state index contributed by atoms with van der Waals surface area (Å²) < 4.78 is 0. The van der Waals surface area contributed by atoms with Crippen molar-refractivity contribution in [1.29, 1.82) is 0 Å². The van der Waals surface area contributed by atoms with Crippen LogP contribution in [0.2, 0.25) is 0 Å². The lowest BCUT2D eigenvalue weighted by Crippen LogP contribution is -2.38. The largest absolute Gasteiger partial charge is 0.377 e. The fourth-order valence-electron chi connectivity index (χ4n) is 2.61. The Morgan fingerprint density at radius 3 is 2.04 bits per heavy atom. The zero-order valence-electron chi connectivity index (χ0n) is 13.4. The Morgan fingerprint density at radius 2 is 1.44 bits per heavy atom. The molecule has 0 aliphatic heterocycles. The molecule has 1 aliphatic rings. The van der Waals surface area contributed by atoms with E-state index in [9.17, 15) is 14.4 Å². The molecule has 2 aromatic carbocycles. The van der Waals surface area contributed by atoms with E-state index in [0.717, 1.165) is 0 Å². The summed E-state index contributed by atoms with van der Waals surface area (Å²) in [4.78, 5) is 38.0. The lowest BCUT2D eigenvalue weighted by molar-refractivity contribution is 0.0917. The molecule has 1 aliphatic carbocycles. The number of benzene rings is 2. The van der Waals surface area contributed by atoms with Crippen LogP contribution in [0.15, 0.2) is 78.6 Å². The second-order valence-electron chi connectivity index (χ2n) is 5.44. The number of Topliss-reactive ketones (excluding diaryl/α,β-unsaturated/α-hetero) is 2. The van der Waals surface area contributed by atoms with Gasteiger partial charge < -0.3 is 10.6 Å². The van der Waals surface area contributed by atoms with Crippen LogP contribution in [0.4, 0.5) is 0 Å². The highest BCUT2D eigenvalue weighted by Gasteiger charge is 2.33. The molecular weight excluding hydrogens is 316 g/mol. The van der Waals surface area contributed by atoms with Gasteiger partial charge in [-0.05, 0) is 12.1 Å². The quantitative estimate of drug-likeness (QED) is 0.825. The molecule has 0 bridgehead atoms. The molecule has 2 aromatic rings.